The Morgan fingerprint density at radius 2 is 2.00 bits per heavy atom. The lowest BCUT2D eigenvalue weighted by Gasteiger charge is -2.09. The lowest BCUT2D eigenvalue weighted by atomic mass is 10.0. The highest BCUT2D eigenvalue weighted by molar-refractivity contribution is 6.06. The molecule has 0 radical (unpaired) electrons. The Morgan fingerprint density at radius 3 is 2.76 bits per heavy atom. The van der Waals surface area contributed by atoms with Gasteiger partial charge in [-0.05, 0) is 24.5 Å². The zero-order chi connectivity index (χ0) is 20.4. The van der Waals surface area contributed by atoms with E-state index in [0.29, 0.717) is 35.4 Å². The Hall–Kier alpha value is -3.48. The number of carbonyl (C=O) groups excluding carboxylic acids is 1. The van der Waals surface area contributed by atoms with Crippen LogP contribution in [0.25, 0.3) is 11.1 Å². The maximum absolute atomic E-state index is 12.9. The number of hydrogen-bond acceptors (Lipinski definition) is 5. The van der Waals surface area contributed by atoms with Crippen molar-refractivity contribution in [2.24, 2.45) is 0 Å². The van der Waals surface area contributed by atoms with Crippen LogP contribution in [0.15, 0.2) is 53.3 Å². The smallest absolute Gasteiger partial charge is 0.259 e. The first-order chi connectivity index (χ1) is 14.0. The van der Waals surface area contributed by atoms with Crippen molar-refractivity contribution < 1.29 is 9.32 Å². The molecule has 1 aromatic carbocycles. The van der Waals surface area contributed by atoms with E-state index < -0.39 is 0 Å². The molecule has 148 valence electrons. The molecular formula is C22H23N5O2. The number of fused-ring (bicyclic) bond motifs is 1. The standard InChI is InChI=1S/C22H23N5O2/c1-14(2)19-9-18(20-15(3)26-29-22(20)25-19)21(28)23-10-17-11-24-27(13-17)12-16-7-5-4-6-8-16/h4-9,11,13-14H,10,12H2,1-3H3,(H,23,28). The van der Waals surface area contributed by atoms with Crippen molar-refractivity contribution in [1.82, 2.24) is 25.2 Å². The van der Waals surface area contributed by atoms with Gasteiger partial charge in [-0.3, -0.25) is 9.48 Å². The molecule has 1 amide bonds. The van der Waals surface area contributed by atoms with Crippen LogP contribution in [0.1, 0.15) is 52.6 Å². The van der Waals surface area contributed by atoms with Crippen molar-refractivity contribution in [1.29, 1.82) is 0 Å². The average Bonchev–Trinajstić information content (AvgIpc) is 3.32. The van der Waals surface area contributed by atoms with E-state index in [-0.39, 0.29) is 11.8 Å². The highest BCUT2D eigenvalue weighted by Crippen LogP contribution is 2.25. The largest absolute Gasteiger partial charge is 0.348 e. The molecule has 4 aromatic rings. The second kappa shape index (κ2) is 7.87. The van der Waals surface area contributed by atoms with Gasteiger partial charge in [0.25, 0.3) is 11.6 Å². The Morgan fingerprint density at radius 1 is 1.21 bits per heavy atom. The van der Waals surface area contributed by atoms with Crippen LogP contribution in [0.3, 0.4) is 0 Å². The van der Waals surface area contributed by atoms with Crippen molar-refractivity contribution in [2.45, 2.75) is 39.8 Å². The summed E-state index contributed by atoms with van der Waals surface area (Å²) in [6.45, 7) is 6.95. The molecule has 0 bridgehead atoms. The molecule has 3 heterocycles. The van der Waals surface area contributed by atoms with Gasteiger partial charge in [0.05, 0.1) is 29.4 Å². The second-order valence-electron chi connectivity index (χ2n) is 7.41. The molecule has 7 nitrogen and oxygen atoms in total. The van der Waals surface area contributed by atoms with Crippen LogP contribution in [0.2, 0.25) is 0 Å². The molecule has 1 N–H and O–H groups in total. The van der Waals surface area contributed by atoms with Gasteiger partial charge in [-0.1, -0.05) is 49.3 Å². The lowest BCUT2D eigenvalue weighted by Crippen LogP contribution is -2.23. The number of pyridine rings is 1. The van der Waals surface area contributed by atoms with Crippen LogP contribution >= 0.6 is 0 Å². The number of aryl methyl sites for hydroxylation is 1. The van der Waals surface area contributed by atoms with Crippen molar-refractivity contribution in [3.8, 4) is 0 Å². The van der Waals surface area contributed by atoms with Crippen LogP contribution < -0.4 is 5.32 Å². The summed E-state index contributed by atoms with van der Waals surface area (Å²) in [5.74, 6) is -0.00557. The average molecular weight is 389 g/mol. The SMILES string of the molecule is Cc1noc2nc(C(C)C)cc(C(=O)NCc3cnn(Cc4ccccc4)c3)c12. The quantitative estimate of drug-likeness (QED) is 0.542. The van der Waals surface area contributed by atoms with Gasteiger partial charge >= 0.3 is 0 Å². The molecule has 29 heavy (non-hydrogen) atoms. The molecule has 3 aromatic heterocycles. The monoisotopic (exact) mass is 389 g/mol. The Kier molecular flexibility index (Phi) is 5.12. The summed E-state index contributed by atoms with van der Waals surface area (Å²) in [4.78, 5) is 17.4. The highest BCUT2D eigenvalue weighted by atomic mass is 16.5. The van der Waals surface area contributed by atoms with Gasteiger partial charge in [-0.25, -0.2) is 4.98 Å². The molecule has 0 spiro atoms. The van der Waals surface area contributed by atoms with Gasteiger partial charge < -0.3 is 9.84 Å². The van der Waals surface area contributed by atoms with E-state index in [1.165, 1.54) is 5.56 Å². The van der Waals surface area contributed by atoms with E-state index in [9.17, 15) is 4.79 Å². The maximum Gasteiger partial charge on any atom is 0.259 e. The van der Waals surface area contributed by atoms with E-state index >= 15 is 0 Å². The summed E-state index contributed by atoms with van der Waals surface area (Å²) >= 11 is 0. The third kappa shape index (κ3) is 4.03. The summed E-state index contributed by atoms with van der Waals surface area (Å²) in [7, 11) is 0. The van der Waals surface area contributed by atoms with Crippen molar-refractivity contribution >= 4 is 17.0 Å². The van der Waals surface area contributed by atoms with Gasteiger partial charge in [-0.2, -0.15) is 5.10 Å². The first kappa shape index (κ1) is 18.9. The van der Waals surface area contributed by atoms with Gasteiger partial charge in [-0.15, -0.1) is 0 Å². The minimum Gasteiger partial charge on any atom is -0.348 e. The van der Waals surface area contributed by atoms with E-state index in [0.717, 1.165) is 11.3 Å². The maximum atomic E-state index is 12.9. The molecule has 0 saturated heterocycles. The molecule has 0 atom stereocenters. The number of rotatable bonds is 6. The first-order valence-electron chi connectivity index (χ1n) is 9.61. The first-order valence-corrected chi connectivity index (χ1v) is 9.61. The number of amides is 1. The molecule has 7 heteroatoms. The number of nitrogens with zero attached hydrogens (tertiary/aromatic N) is 4. The van der Waals surface area contributed by atoms with Gasteiger partial charge in [0, 0.05) is 24.0 Å². The fourth-order valence-electron chi connectivity index (χ4n) is 3.22. The predicted octanol–water partition coefficient (Wildman–Crippen LogP) is 3.83. The van der Waals surface area contributed by atoms with Crippen molar-refractivity contribution in [2.75, 3.05) is 0 Å². The molecule has 0 aliphatic heterocycles. The van der Waals surface area contributed by atoms with E-state index in [1.807, 2.05) is 55.9 Å². The lowest BCUT2D eigenvalue weighted by molar-refractivity contribution is 0.0952. The molecular weight excluding hydrogens is 366 g/mol. The Bertz CT molecular complexity index is 1140. The van der Waals surface area contributed by atoms with Crippen molar-refractivity contribution in [3.63, 3.8) is 0 Å². The van der Waals surface area contributed by atoms with Crippen LogP contribution in [0.5, 0.6) is 0 Å². The molecule has 0 fully saturated rings. The van der Waals surface area contributed by atoms with Gasteiger partial charge in [0.2, 0.25) is 0 Å². The molecule has 0 saturated carbocycles. The van der Waals surface area contributed by atoms with Crippen molar-refractivity contribution in [3.05, 3.63) is 76.9 Å². The van der Waals surface area contributed by atoms with Gasteiger partial charge in [0.15, 0.2) is 0 Å². The van der Waals surface area contributed by atoms with Gasteiger partial charge in [0.1, 0.15) is 0 Å². The van der Waals surface area contributed by atoms with E-state index in [2.05, 4.69) is 32.7 Å². The summed E-state index contributed by atoms with van der Waals surface area (Å²) in [5, 5.41) is 12.0. The second-order valence-corrected chi connectivity index (χ2v) is 7.41. The fourth-order valence-corrected chi connectivity index (χ4v) is 3.22. The third-order valence-electron chi connectivity index (χ3n) is 4.80. The fraction of sp³-hybridized carbons (Fsp3) is 0.273. The Labute approximate surface area is 168 Å². The van der Waals surface area contributed by atoms with Crippen LogP contribution in [-0.4, -0.2) is 25.8 Å². The number of carbonyl (C=O) groups is 1. The number of aromatic nitrogens is 4. The molecule has 4 rings (SSSR count). The molecule has 0 aliphatic carbocycles. The highest BCUT2D eigenvalue weighted by Gasteiger charge is 2.19. The zero-order valence-corrected chi connectivity index (χ0v) is 16.7. The molecule has 0 unspecified atom stereocenters. The number of hydrogen-bond donors (Lipinski definition) is 1. The summed E-state index contributed by atoms with van der Waals surface area (Å²) in [5.41, 5.74) is 4.50. The number of benzene rings is 1. The van der Waals surface area contributed by atoms with E-state index in [1.54, 1.807) is 6.20 Å². The summed E-state index contributed by atoms with van der Waals surface area (Å²) in [6.07, 6.45) is 3.72. The minimum atomic E-state index is -0.179. The van der Waals surface area contributed by atoms with Crippen LogP contribution in [-0.2, 0) is 13.1 Å². The van der Waals surface area contributed by atoms with Crippen LogP contribution in [0, 0.1) is 6.92 Å². The minimum absolute atomic E-state index is 0.174. The topological polar surface area (TPSA) is 85.8 Å². The molecule has 0 aliphatic rings. The predicted molar refractivity (Wildman–Crippen MR) is 110 cm³/mol. The van der Waals surface area contributed by atoms with E-state index in [4.69, 9.17) is 4.52 Å². The summed E-state index contributed by atoms with van der Waals surface area (Å²) < 4.78 is 7.16. The van der Waals surface area contributed by atoms with Crippen LogP contribution in [0.4, 0.5) is 0 Å². The third-order valence-corrected chi connectivity index (χ3v) is 4.80. The summed E-state index contributed by atoms with van der Waals surface area (Å²) in [6, 6.07) is 12.0. The number of nitrogens with one attached hydrogen (secondary N) is 1. The zero-order valence-electron chi connectivity index (χ0n) is 16.7. The normalized spacial score (nSPS) is 11.3. The Balaban J connectivity index is 1.50.